The van der Waals surface area contributed by atoms with Crippen LogP contribution in [0.3, 0.4) is 0 Å². The summed E-state index contributed by atoms with van der Waals surface area (Å²) < 4.78 is 1.16. The highest BCUT2D eigenvalue weighted by molar-refractivity contribution is 9.10. The average Bonchev–Trinajstić information content (AvgIpc) is 2.38. The van der Waals surface area contributed by atoms with Gasteiger partial charge in [-0.05, 0) is 37.7 Å². The molecule has 0 aromatic heterocycles. The molecular weight excluding hydrogens is 296 g/mol. The summed E-state index contributed by atoms with van der Waals surface area (Å²) in [4.78, 5) is 2.51. The maximum Gasteiger partial charge on any atom is 0.0415 e. The Labute approximate surface area is 116 Å². The molecule has 0 saturated carbocycles. The number of hydrogen-bond acceptors (Lipinski definition) is 3. The van der Waals surface area contributed by atoms with Crippen LogP contribution in [0.25, 0.3) is 0 Å². The van der Waals surface area contributed by atoms with Crippen LogP contribution in [0.2, 0.25) is 0 Å². The van der Waals surface area contributed by atoms with Crippen molar-refractivity contribution in [2.75, 3.05) is 36.5 Å². The Morgan fingerprint density at radius 1 is 1.35 bits per heavy atom. The van der Waals surface area contributed by atoms with E-state index in [0.717, 1.165) is 17.6 Å². The summed E-state index contributed by atoms with van der Waals surface area (Å²) in [6, 6.07) is 7.00. The molecule has 1 unspecified atom stereocenters. The van der Waals surface area contributed by atoms with E-state index in [2.05, 4.69) is 51.3 Å². The number of halogens is 1. The second-order valence-electron chi connectivity index (χ2n) is 4.31. The van der Waals surface area contributed by atoms with Crippen LogP contribution >= 0.6 is 27.7 Å². The van der Waals surface area contributed by atoms with Gasteiger partial charge in [-0.3, -0.25) is 0 Å². The van der Waals surface area contributed by atoms with Gasteiger partial charge in [0.05, 0.1) is 0 Å². The zero-order valence-electron chi connectivity index (χ0n) is 10.4. The van der Waals surface area contributed by atoms with E-state index in [9.17, 15) is 0 Å². The molecule has 0 spiro atoms. The Hall–Kier alpha value is -0.190. The topological polar surface area (TPSA) is 15.3 Å². The molecule has 2 rings (SSSR count). The first-order valence-electron chi connectivity index (χ1n) is 6.02. The Balaban J connectivity index is 2.30. The highest BCUT2D eigenvalue weighted by Crippen LogP contribution is 2.30. The molecule has 0 bridgehead atoms. The minimum atomic E-state index is 0.386. The molecule has 4 heteroatoms. The van der Waals surface area contributed by atoms with Crippen LogP contribution in [0, 0.1) is 0 Å². The minimum absolute atomic E-state index is 0.386. The van der Waals surface area contributed by atoms with Gasteiger partial charge in [0.15, 0.2) is 0 Å². The van der Waals surface area contributed by atoms with Crippen LogP contribution in [-0.4, -0.2) is 31.6 Å². The minimum Gasteiger partial charge on any atom is -0.370 e. The van der Waals surface area contributed by atoms with Crippen molar-refractivity contribution in [3.8, 4) is 0 Å². The van der Waals surface area contributed by atoms with Crippen LogP contribution in [0.1, 0.15) is 18.5 Å². The Bertz CT molecular complexity index is 378. The van der Waals surface area contributed by atoms with Crippen molar-refractivity contribution in [2.24, 2.45) is 0 Å². The normalized spacial score (nSPS) is 18.2. The molecular formula is C13H19BrN2S. The molecule has 1 saturated heterocycles. The van der Waals surface area contributed by atoms with Gasteiger partial charge in [-0.15, -0.1) is 0 Å². The van der Waals surface area contributed by atoms with Gasteiger partial charge in [-0.1, -0.05) is 15.9 Å². The van der Waals surface area contributed by atoms with E-state index in [4.69, 9.17) is 0 Å². The third kappa shape index (κ3) is 3.18. The average molecular weight is 315 g/mol. The van der Waals surface area contributed by atoms with Crippen LogP contribution in [0.5, 0.6) is 0 Å². The maximum atomic E-state index is 3.57. The van der Waals surface area contributed by atoms with Gasteiger partial charge in [0, 0.05) is 40.8 Å². The fourth-order valence-electron chi connectivity index (χ4n) is 2.12. The van der Waals surface area contributed by atoms with E-state index in [1.165, 1.54) is 22.8 Å². The summed E-state index contributed by atoms with van der Waals surface area (Å²) in [5.41, 5.74) is 2.77. The van der Waals surface area contributed by atoms with Crippen LogP contribution in [0.4, 0.5) is 5.69 Å². The molecule has 1 aromatic rings. The number of anilines is 1. The molecule has 1 N–H and O–H groups in total. The summed E-state index contributed by atoms with van der Waals surface area (Å²) in [6.07, 6.45) is 0. The zero-order valence-corrected chi connectivity index (χ0v) is 12.8. The lowest BCUT2D eigenvalue weighted by Gasteiger charge is -2.31. The predicted molar refractivity (Wildman–Crippen MR) is 81.2 cm³/mol. The van der Waals surface area contributed by atoms with Gasteiger partial charge in [0.2, 0.25) is 0 Å². The number of benzene rings is 1. The second kappa shape index (κ2) is 6.12. The van der Waals surface area contributed by atoms with E-state index < -0.39 is 0 Å². The van der Waals surface area contributed by atoms with Crippen molar-refractivity contribution >= 4 is 33.4 Å². The van der Waals surface area contributed by atoms with Crippen molar-refractivity contribution in [1.29, 1.82) is 0 Å². The second-order valence-corrected chi connectivity index (χ2v) is 6.45. The molecule has 0 aliphatic carbocycles. The number of hydrogen-bond donors (Lipinski definition) is 1. The smallest absolute Gasteiger partial charge is 0.0415 e. The van der Waals surface area contributed by atoms with Crippen LogP contribution in [0.15, 0.2) is 22.7 Å². The Kier molecular flexibility index (Phi) is 4.77. The van der Waals surface area contributed by atoms with Crippen molar-refractivity contribution in [3.05, 3.63) is 28.2 Å². The lowest BCUT2D eigenvalue weighted by Crippen LogP contribution is -2.33. The fourth-order valence-corrected chi connectivity index (χ4v) is 3.40. The summed E-state index contributed by atoms with van der Waals surface area (Å²) in [5, 5.41) is 3.34. The highest BCUT2D eigenvalue weighted by Gasteiger charge is 2.17. The molecule has 1 heterocycles. The predicted octanol–water partition coefficient (Wildman–Crippen LogP) is 3.28. The third-order valence-corrected chi connectivity index (χ3v) is 4.68. The van der Waals surface area contributed by atoms with Gasteiger partial charge in [-0.2, -0.15) is 11.8 Å². The summed E-state index contributed by atoms with van der Waals surface area (Å²) >= 11 is 5.62. The number of rotatable bonds is 3. The molecule has 1 atom stereocenters. The molecule has 0 radical (unpaired) electrons. The molecule has 1 aliphatic heterocycles. The maximum absolute atomic E-state index is 3.57. The third-order valence-electron chi connectivity index (χ3n) is 3.24. The van der Waals surface area contributed by atoms with Gasteiger partial charge >= 0.3 is 0 Å². The molecule has 2 nitrogen and oxygen atoms in total. The standard InChI is InChI=1S/C13H19BrN2S/c1-10(15-2)12-9-11(14)3-4-13(12)16-5-7-17-8-6-16/h3-4,9-10,15H,5-8H2,1-2H3. The Morgan fingerprint density at radius 3 is 2.71 bits per heavy atom. The van der Waals surface area contributed by atoms with E-state index in [1.54, 1.807) is 0 Å². The van der Waals surface area contributed by atoms with E-state index >= 15 is 0 Å². The highest BCUT2D eigenvalue weighted by atomic mass is 79.9. The number of thioether (sulfide) groups is 1. The van der Waals surface area contributed by atoms with Gasteiger partial charge < -0.3 is 10.2 Å². The van der Waals surface area contributed by atoms with Crippen LogP contribution in [-0.2, 0) is 0 Å². The van der Waals surface area contributed by atoms with E-state index in [0.29, 0.717) is 6.04 Å². The molecule has 94 valence electrons. The summed E-state index contributed by atoms with van der Waals surface area (Å²) in [5.74, 6) is 2.48. The SMILES string of the molecule is CNC(C)c1cc(Br)ccc1N1CCSCC1. The van der Waals surface area contributed by atoms with Crippen molar-refractivity contribution in [3.63, 3.8) is 0 Å². The lowest BCUT2D eigenvalue weighted by molar-refractivity contribution is 0.648. The van der Waals surface area contributed by atoms with Gasteiger partial charge in [0.1, 0.15) is 0 Å². The largest absolute Gasteiger partial charge is 0.370 e. The fraction of sp³-hybridized carbons (Fsp3) is 0.538. The molecule has 0 amide bonds. The number of nitrogens with zero attached hydrogens (tertiary/aromatic N) is 1. The summed E-state index contributed by atoms with van der Waals surface area (Å²) in [6.45, 7) is 4.54. The molecule has 1 aromatic carbocycles. The quantitative estimate of drug-likeness (QED) is 0.921. The molecule has 17 heavy (non-hydrogen) atoms. The van der Waals surface area contributed by atoms with Gasteiger partial charge in [-0.25, -0.2) is 0 Å². The molecule has 1 aliphatic rings. The number of nitrogens with one attached hydrogen (secondary N) is 1. The van der Waals surface area contributed by atoms with E-state index in [-0.39, 0.29) is 0 Å². The lowest BCUT2D eigenvalue weighted by atomic mass is 10.1. The van der Waals surface area contributed by atoms with Crippen molar-refractivity contribution in [1.82, 2.24) is 5.32 Å². The monoisotopic (exact) mass is 314 g/mol. The van der Waals surface area contributed by atoms with Gasteiger partial charge in [0.25, 0.3) is 0 Å². The van der Waals surface area contributed by atoms with E-state index in [1.807, 2.05) is 18.8 Å². The van der Waals surface area contributed by atoms with Crippen LogP contribution < -0.4 is 10.2 Å². The van der Waals surface area contributed by atoms with Crippen molar-refractivity contribution < 1.29 is 0 Å². The summed E-state index contributed by atoms with van der Waals surface area (Å²) in [7, 11) is 2.02. The zero-order chi connectivity index (χ0) is 12.3. The first-order chi connectivity index (χ1) is 8.22. The Morgan fingerprint density at radius 2 is 2.06 bits per heavy atom. The first kappa shape index (κ1) is 13.2. The molecule has 1 fully saturated rings. The van der Waals surface area contributed by atoms with Crippen molar-refractivity contribution in [2.45, 2.75) is 13.0 Å². The first-order valence-corrected chi connectivity index (χ1v) is 7.96.